The molecule has 0 aromatic rings. The fourth-order valence-corrected chi connectivity index (χ4v) is 12.4. The maximum atomic E-state index is 11.2. The van der Waals surface area contributed by atoms with E-state index in [1.807, 2.05) is 0 Å². The van der Waals surface area contributed by atoms with Crippen LogP contribution in [-0.4, -0.2) is 272 Å². The zero-order valence-electron chi connectivity index (χ0n) is 45.2. The molecule has 0 aromatic carbocycles. The SMILES string of the molecule is CCCC(C)(CC)CC1C#CC(O)C(COCC2C(CO)OC(COCC3C(CO)OC(OCC4C=C(O)C(O)C(COCC5C(CO)CC(COCC6C(CO)CC(O)C(O)C6O)C(O)C5O)C4)C(O)C3O)C(O)C2O)O1. The average molecular weight is 1130 g/mol. The van der Waals surface area contributed by atoms with Crippen molar-refractivity contribution in [2.45, 2.75) is 170 Å². The molecule has 6 aliphatic rings. The summed E-state index contributed by atoms with van der Waals surface area (Å²) in [5, 5.41) is 170. The molecule has 24 nitrogen and oxygen atoms in total. The van der Waals surface area contributed by atoms with Gasteiger partial charge < -0.3 is 120 Å². The summed E-state index contributed by atoms with van der Waals surface area (Å²) in [4.78, 5) is 0. The van der Waals surface area contributed by atoms with Gasteiger partial charge in [-0.1, -0.05) is 45.5 Å². The van der Waals surface area contributed by atoms with Crippen LogP contribution in [0.3, 0.4) is 0 Å². The lowest BCUT2D eigenvalue weighted by molar-refractivity contribution is -0.298. The summed E-state index contributed by atoms with van der Waals surface area (Å²) in [6.45, 7) is 3.18. The molecule has 78 heavy (non-hydrogen) atoms. The summed E-state index contributed by atoms with van der Waals surface area (Å²) in [6.07, 6.45) is -15.3. The van der Waals surface area contributed by atoms with Crippen LogP contribution in [0.2, 0.25) is 0 Å². The Bertz CT molecular complexity index is 1850. The molecule has 27 atom stereocenters. The average Bonchev–Trinajstić information content (AvgIpc) is 3.46. The van der Waals surface area contributed by atoms with Gasteiger partial charge in [-0.3, -0.25) is 0 Å². The summed E-state index contributed by atoms with van der Waals surface area (Å²) in [6, 6.07) is 0. The zero-order chi connectivity index (χ0) is 57.0. The third kappa shape index (κ3) is 16.3. The lowest BCUT2D eigenvalue weighted by Gasteiger charge is -2.44. The van der Waals surface area contributed by atoms with Gasteiger partial charge in [0.05, 0.1) is 122 Å². The minimum atomic E-state index is -1.64. The number of hydrogen-bond acceptors (Lipinski definition) is 24. The molecule has 6 rings (SSSR count). The van der Waals surface area contributed by atoms with Crippen LogP contribution in [0, 0.1) is 70.5 Å². The van der Waals surface area contributed by atoms with Crippen LogP contribution >= 0.6 is 0 Å². The Hall–Kier alpha value is -1.82. The van der Waals surface area contributed by atoms with Gasteiger partial charge in [0, 0.05) is 54.6 Å². The lowest BCUT2D eigenvalue weighted by Crippen LogP contribution is -2.59. The topological polar surface area (TPSA) is 398 Å². The molecule has 2 saturated carbocycles. The maximum Gasteiger partial charge on any atom is 0.186 e. The van der Waals surface area contributed by atoms with Crippen molar-refractivity contribution >= 4 is 0 Å². The lowest BCUT2D eigenvalue weighted by atomic mass is 9.71. The minimum Gasteiger partial charge on any atom is -0.510 e. The minimum absolute atomic E-state index is 0.0251. The first-order valence-corrected chi connectivity index (χ1v) is 28.0. The van der Waals surface area contributed by atoms with Gasteiger partial charge in [0.15, 0.2) is 6.29 Å². The third-order valence-corrected chi connectivity index (χ3v) is 17.7. The first-order valence-electron chi connectivity index (χ1n) is 28.0. The molecule has 0 radical (unpaired) electrons. The van der Waals surface area contributed by atoms with E-state index in [0.717, 1.165) is 19.3 Å². The van der Waals surface area contributed by atoms with Crippen molar-refractivity contribution in [1.82, 2.24) is 0 Å². The summed E-state index contributed by atoms with van der Waals surface area (Å²) >= 11 is 0. The Morgan fingerprint density at radius 1 is 0.513 bits per heavy atom. The number of aliphatic hydroxyl groups is 16. The van der Waals surface area contributed by atoms with E-state index >= 15 is 0 Å². The van der Waals surface area contributed by atoms with Crippen LogP contribution in [-0.2, 0) is 37.9 Å². The Morgan fingerprint density at radius 3 is 1.65 bits per heavy atom. The highest BCUT2D eigenvalue weighted by Crippen LogP contribution is 2.39. The summed E-state index contributed by atoms with van der Waals surface area (Å²) in [7, 11) is 0. The molecule has 24 heteroatoms. The van der Waals surface area contributed by atoms with E-state index in [-0.39, 0.29) is 109 Å². The van der Waals surface area contributed by atoms with Crippen LogP contribution in [0.1, 0.15) is 65.7 Å². The molecule has 0 spiro atoms. The van der Waals surface area contributed by atoms with E-state index in [1.54, 1.807) is 0 Å². The Kier molecular flexibility index (Phi) is 25.7. The summed E-state index contributed by atoms with van der Waals surface area (Å²) in [5.41, 5.74) is 0.0251. The highest BCUT2D eigenvalue weighted by Gasteiger charge is 2.49. The molecule has 2 saturated heterocycles. The predicted octanol–water partition coefficient (Wildman–Crippen LogP) is -3.92. The van der Waals surface area contributed by atoms with Gasteiger partial charge in [-0.15, -0.1) is 0 Å². The smallest absolute Gasteiger partial charge is 0.186 e. The van der Waals surface area contributed by atoms with E-state index in [0.29, 0.717) is 6.42 Å². The van der Waals surface area contributed by atoms with E-state index in [4.69, 9.17) is 37.9 Å². The van der Waals surface area contributed by atoms with Gasteiger partial charge in [0.2, 0.25) is 0 Å². The highest BCUT2D eigenvalue weighted by atomic mass is 16.7. The van der Waals surface area contributed by atoms with E-state index in [1.165, 1.54) is 6.08 Å². The van der Waals surface area contributed by atoms with Crippen molar-refractivity contribution in [2.75, 3.05) is 85.9 Å². The van der Waals surface area contributed by atoms with Gasteiger partial charge in [-0.05, 0) is 55.4 Å². The Morgan fingerprint density at radius 2 is 1.05 bits per heavy atom. The van der Waals surface area contributed by atoms with Crippen molar-refractivity contribution in [3.8, 4) is 11.8 Å². The summed E-state index contributed by atoms with van der Waals surface area (Å²) < 4.78 is 47.3. The molecule has 3 aliphatic heterocycles. The van der Waals surface area contributed by atoms with Gasteiger partial charge in [-0.25, -0.2) is 0 Å². The molecule has 16 N–H and O–H groups in total. The fourth-order valence-electron chi connectivity index (χ4n) is 12.4. The molecule has 3 aliphatic carbocycles. The molecule has 0 amide bonds. The first kappa shape index (κ1) is 65.3. The van der Waals surface area contributed by atoms with Crippen LogP contribution in [0.25, 0.3) is 0 Å². The largest absolute Gasteiger partial charge is 0.510 e. The number of rotatable bonds is 28. The second-order valence-electron chi connectivity index (χ2n) is 23.2. The first-order chi connectivity index (χ1) is 37.2. The van der Waals surface area contributed by atoms with Gasteiger partial charge in [-0.2, -0.15) is 0 Å². The molecular weight excluding hydrogens is 1030 g/mol. The standard InChI is InChI=1S/C54H92O24/c1-4-8-54(3,5-2)13-32-6-7-37(59)42(76-32)25-73-23-35-40(16-57)77-43(51(69)48(35)66)26-74-24-36-41(17-58)78-53(52(70)49(36)67)75-18-27-9-30(44(62)38(60)10-27)19-71-21-33-28(14-55)11-31(45(63)46(33)64)20-72-22-34-29(15-56)12-39(61)50(68)47(34)65/h10,27-37,39-53,55-70H,4-5,8-9,11-26H2,1-3H3. The highest BCUT2D eigenvalue weighted by molar-refractivity contribution is 5.16. The summed E-state index contributed by atoms with van der Waals surface area (Å²) in [5.74, 6) is -0.740. The number of hydrogen-bond donors (Lipinski definition) is 16. The van der Waals surface area contributed by atoms with Crippen molar-refractivity contribution in [3.05, 3.63) is 11.8 Å². The van der Waals surface area contributed by atoms with Crippen LogP contribution in [0.15, 0.2) is 11.8 Å². The third-order valence-electron chi connectivity index (χ3n) is 17.7. The van der Waals surface area contributed by atoms with E-state index in [2.05, 4.69) is 32.6 Å². The predicted molar refractivity (Wildman–Crippen MR) is 271 cm³/mol. The van der Waals surface area contributed by atoms with Crippen LogP contribution in [0.5, 0.6) is 0 Å². The Labute approximate surface area is 456 Å². The van der Waals surface area contributed by atoms with Crippen molar-refractivity contribution in [2.24, 2.45) is 58.7 Å². The molecular formula is C54H92O24. The van der Waals surface area contributed by atoms with E-state index in [9.17, 15) is 81.7 Å². The van der Waals surface area contributed by atoms with Gasteiger partial charge in [0.1, 0.15) is 54.6 Å². The van der Waals surface area contributed by atoms with E-state index < -0.39 is 164 Å². The maximum absolute atomic E-state index is 11.2. The molecule has 3 heterocycles. The molecule has 452 valence electrons. The second kappa shape index (κ2) is 30.6. The number of aliphatic hydroxyl groups excluding tert-OH is 16. The fraction of sp³-hybridized carbons (Fsp3) is 0.926. The van der Waals surface area contributed by atoms with Crippen molar-refractivity contribution in [3.63, 3.8) is 0 Å². The van der Waals surface area contributed by atoms with Crippen molar-refractivity contribution < 1.29 is 120 Å². The van der Waals surface area contributed by atoms with Crippen molar-refractivity contribution in [1.29, 1.82) is 0 Å². The van der Waals surface area contributed by atoms with Crippen LogP contribution in [0.4, 0.5) is 0 Å². The quantitative estimate of drug-likeness (QED) is 0.0333. The normalized spacial score (nSPS) is 44.1. The molecule has 0 aromatic heterocycles. The van der Waals surface area contributed by atoms with Gasteiger partial charge >= 0.3 is 0 Å². The zero-order valence-corrected chi connectivity index (χ0v) is 45.2. The monoisotopic (exact) mass is 1120 g/mol. The molecule has 4 fully saturated rings. The Balaban J connectivity index is 0.917. The van der Waals surface area contributed by atoms with Gasteiger partial charge in [0.25, 0.3) is 0 Å². The second-order valence-corrected chi connectivity index (χ2v) is 23.2. The molecule has 0 bridgehead atoms. The van der Waals surface area contributed by atoms with Crippen LogP contribution < -0.4 is 0 Å². The number of ether oxygens (including phenoxy) is 8. The molecule has 27 unspecified atom stereocenters.